The van der Waals surface area contributed by atoms with E-state index in [0.29, 0.717) is 0 Å². The smallest absolute Gasteiger partial charge is 0.312 e. The highest BCUT2D eigenvalue weighted by atomic mass is 32.1. The molecule has 0 N–H and O–H groups in total. The highest BCUT2D eigenvalue weighted by Crippen LogP contribution is 2.47. The maximum atomic E-state index is 12.4. The molecule has 1 saturated heterocycles. The number of carbonyl (C=O) groups excluding carboxylic acids is 1. The van der Waals surface area contributed by atoms with Crippen molar-refractivity contribution in [2.75, 3.05) is 13.2 Å². The third-order valence-corrected chi connectivity index (χ3v) is 6.16. The Morgan fingerprint density at radius 3 is 3.00 bits per heavy atom. The van der Waals surface area contributed by atoms with Crippen molar-refractivity contribution in [2.24, 2.45) is 5.41 Å². The van der Waals surface area contributed by atoms with Crippen molar-refractivity contribution in [2.45, 2.75) is 44.6 Å². The van der Waals surface area contributed by atoms with Gasteiger partial charge in [0, 0.05) is 36.4 Å². The van der Waals surface area contributed by atoms with Gasteiger partial charge in [-0.25, -0.2) is 4.98 Å². The number of nitrogens with zero attached hydrogens (tertiary/aromatic N) is 3. The molecular weight excluding hydrogens is 338 g/mol. The van der Waals surface area contributed by atoms with Crippen LogP contribution >= 0.6 is 11.3 Å². The molecule has 1 saturated carbocycles. The van der Waals surface area contributed by atoms with Crippen LogP contribution in [0.4, 0.5) is 0 Å². The maximum Gasteiger partial charge on any atom is 0.312 e. The fourth-order valence-electron chi connectivity index (χ4n) is 3.90. The second-order valence-corrected chi connectivity index (χ2v) is 7.62. The average molecular weight is 359 g/mol. The Bertz CT molecular complexity index is 728. The molecule has 2 fully saturated rings. The second kappa shape index (κ2) is 7.17. The fraction of sp³-hybridized carbons (Fsp3) is 0.556. The van der Waals surface area contributed by atoms with Gasteiger partial charge in [-0.15, -0.1) is 11.3 Å². The molecule has 0 radical (unpaired) electrons. The molecule has 1 unspecified atom stereocenters. The van der Waals surface area contributed by atoms with Gasteiger partial charge in [0.1, 0.15) is 16.8 Å². The molecule has 1 aliphatic heterocycles. The Balaban J connectivity index is 1.38. The van der Waals surface area contributed by atoms with Gasteiger partial charge in [-0.3, -0.25) is 14.8 Å². The lowest BCUT2D eigenvalue weighted by Gasteiger charge is -2.38. The van der Waals surface area contributed by atoms with E-state index >= 15 is 0 Å². The van der Waals surface area contributed by atoms with Crippen molar-refractivity contribution >= 4 is 17.3 Å². The van der Waals surface area contributed by atoms with Crippen LogP contribution in [-0.4, -0.2) is 40.2 Å². The van der Waals surface area contributed by atoms with E-state index in [1.54, 1.807) is 18.6 Å². The molecule has 1 aliphatic carbocycles. The van der Waals surface area contributed by atoms with Gasteiger partial charge in [-0.05, 0) is 32.1 Å². The summed E-state index contributed by atoms with van der Waals surface area (Å²) in [5, 5.41) is 2.67. The van der Waals surface area contributed by atoms with E-state index in [2.05, 4.69) is 15.0 Å². The molecule has 1 atom stereocenters. The van der Waals surface area contributed by atoms with E-state index in [1.807, 2.05) is 5.38 Å². The van der Waals surface area contributed by atoms with Crippen molar-refractivity contribution in [1.82, 2.24) is 15.0 Å². The molecule has 132 valence electrons. The topological polar surface area (TPSA) is 74.2 Å². The summed E-state index contributed by atoms with van der Waals surface area (Å²) >= 11 is 1.47. The molecule has 2 aromatic rings. The lowest BCUT2D eigenvalue weighted by molar-refractivity contribution is -0.157. The molecule has 1 spiro atoms. The summed E-state index contributed by atoms with van der Waals surface area (Å²) in [6.07, 6.45) is 10.4. The Labute approximate surface area is 150 Å². The van der Waals surface area contributed by atoms with Gasteiger partial charge in [0.05, 0.1) is 18.3 Å². The predicted molar refractivity (Wildman–Crippen MR) is 93.1 cm³/mol. The molecule has 0 amide bonds. The number of esters is 1. The number of aromatic nitrogens is 3. The quantitative estimate of drug-likeness (QED) is 0.781. The van der Waals surface area contributed by atoms with Crippen molar-refractivity contribution < 1.29 is 14.3 Å². The normalized spacial score (nSPS) is 22.2. The minimum absolute atomic E-state index is 0.0296. The van der Waals surface area contributed by atoms with Crippen LogP contribution in [0.5, 0.6) is 0 Å². The SMILES string of the molecule is O=C(Cc1csc(-c2cnccn2)n1)OC1CCCC12CCOCC2. The van der Waals surface area contributed by atoms with E-state index < -0.39 is 0 Å². The molecule has 25 heavy (non-hydrogen) atoms. The first-order chi connectivity index (χ1) is 12.3. The zero-order chi connectivity index (χ0) is 17.1. The van der Waals surface area contributed by atoms with Crippen LogP contribution in [0, 0.1) is 5.41 Å². The Kier molecular flexibility index (Phi) is 4.76. The van der Waals surface area contributed by atoms with E-state index in [9.17, 15) is 4.79 Å². The second-order valence-electron chi connectivity index (χ2n) is 6.76. The van der Waals surface area contributed by atoms with Crippen LogP contribution in [-0.2, 0) is 20.7 Å². The summed E-state index contributed by atoms with van der Waals surface area (Å²) < 4.78 is 11.4. The fourth-order valence-corrected chi connectivity index (χ4v) is 4.68. The number of hydrogen-bond acceptors (Lipinski definition) is 7. The summed E-state index contributed by atoms with van der Waals surface area (Å²) in [4.78, 5) is 25.2. The van der Waals surface area contributed by atoms with Gasteiger partial charge >= 0.3 is 5.97 Å². The van der Waals surface area contributed by atoms with Gasteiger partial charge in [0.2, 0.25) is 0 Å². The van der Waals surface area contributed by atoms with Gasteiger partial charge in [0.25, 0.3) is 0 Å². The van der Waals surface area contributed by atoms with E-state index in [1.165, 1.54) is 11.3 Å². The minimum Gasteiger partial charge on any atom is -0.461 e. The molecule has 0 aromatic carbocycles. The van der Waals surface area contributed by atoms with Crippen molar-refractivity contribution in [3.63, 3.8) is 0 Å². The first-order valence-electron chi connectivity index (χ1n) is 8.73. The van der Waals surface area contributed by atoms with Crippen molar-refractivity contribution in [3.8, 4) is 10.7 Å². The molecule has 7 heteroatoms. The number of thiazole rings is 1. The van der Waals surface area contributed by atoms with Crippen LogP contribution in [0.2, 0.25) is 0 Å². The molecule has 4 rings (SSSR count). The maximum absolute atomic E-state index is 12.4. The third kappa shape index (κ3) is 3.57. The largest absolute Gasteiger partial charge is 0.461 e. The van der Waals surface area contributed by atoms with Gasteiger partial charge in [-0.2, -0.15) is 0 Å². The Morgan fingerprint density at radius 1 is 1.32 bits per heavy atom. The van der Waals surface area contributed by atoms with Crippen LogP contribution in [0.3, 0.4) is 0 Å². The van der Waals surface area contributed by atoms with E-state index in [-0.39, 0.29) is 23.9 Å². The summed E-state index contributed by atoms with van der Waals surface area (Å²) in [7, 11) is 0. The average Bonchev–Trinajstić information content (AvgIpc) is 3.25. The van der Waals surface area contributed by atoms with Crippen LogP contribution in [0.1, 0.15) is 37.8 Å². The van der Waals surface area contributed by atoms with Gasteiger partial charge in [-0.1, -0.05) is 0 Å². The summed E-state index contributed by atoms with van der Waals surface area (Å²) in [5.74, 6) is -0.186. The molecular formula is C18H21N3O3S. The van der Waals surface area contributed by atoms with Crippen molar-refractivity contribution in [1.29, 1.82) is 0 Å². The predicted octanol–water partition coefficient (Wildman–Crippen LogP) is 3.04. The minimum atomic E-state index is -0.186. The summed E-state index contributed by atoms with van der Waals surface area (Å²) in [5.41, 5.74) is 1.60. The van der Waals surface area contributed by atoms with Gasteiger partial charge in [0.15, 0.2) is 0 Å². The van der Waals surface area contributed by atoms with Crippen LogP contribution in [0.15, 0.2) is 24.0 Å². The summed E-state index contributed by atoms with van der Waals surface area (Å²) in [6, 6.07) is 0. The first kappa shape index (κ1) is 16.6. The molecule has 6 nitrogen and oxygen atoms in total. The van der Waals surface area contributed by atoms with Gasteiger partial charge < -0.3 is 9.47 Å². The zero-order valence-electron chi connectivity index (χ0n) is 14.0. The van der Waals surface area contributed by atoms with Crippen LogP contribution in [0.25, 0.3) is 10.7 Å². The first-order valence-corrected chi connectivity index (χ1v) is 9.61. The summed E-state index contributed by atoms with van der Waals surface area (Å²) in [6.45, 7) is 1.56. The van der Waals surface area contributed by atoms with Crippen LogP contribution < -0.4 is 0 Å². The monoisotopic (exact) mass is 359 g/mol. The van der Waals surface area contributed by atoms with E-state index in [4.69, 9.17) is 9.47 Å². The molecule has 3 heterocycles. The van der Waals surface area contributed by atoms with Crippen molar-refractivity contribution in [3.05, 3.63) is 29.7 Å². The lowest BCUT2D eigenvalue weighted by atomic mass is 9.77. The lowest BCUT2D eigenvalue weighted by Crippen LogP contribution is -2.39. The molecule has 2 aliphatic rings. The molecule has 2 aromatic heterocycles. The highest BCUT2D eigenvalue weighted by molar-refractivity contribution is 7.13. The Morgan fingerprint density at radius 2 is 2.20 bits per heavy atom. The highest BCUT2D eigenvalue weighted by Gasteiger charge is 2.46. The number of ether oxygens (including phenoxy) is 2. The van der Waals surface area contributed by atoms with E-state index in [0.717, 1.165) is 61.7 Å². The zero-order valence-corrected chi connectivity index (χ0v) is 14.8. The molecule has 0 bridgehead atoms. The third-order valence-electron chi connectivity index (χ3n) is 5.25. The number of carbonyl (C=O) groups is 1. The Hall–Kier alpha value is -1.86. The number of hydrogen-bond donors (Lipinski definition) is 0. The standard InChI is InChI=1S/C18H21N3O3S/c22-16(24-15-2-1-3-18(15)4-8-23-9-5-18)10-13-12-25-17(21-13)14-11-19-6-7-20-14/h6-7,11-12,15H,1-5,8-10H2. The number of rotatable bonds is 4.